The summed E-state index contributed by atoms with van der Waals surface area (Å²) in [6, 6.07) is 7.12. The summed E-state index contributed by atoms with van der Waals surface area (Å²) in [7, 11) is 1.47. The molecule has 0 heterocycles. The average molecular weight is 377 g/mol. The lowest BCUT2D eigenvalue weighted by molar-refractivity contribution is -0.139. The van der Waals surface area contributed by atoms with Gasteiger partial charge in [-0.3, -0.25) is 9.59 Å². The van der Waals surface area contributed by atoms with Crippen LogP contribution < -0.4 is 5.32 Å². The molecule has 0 aromatic heterocycles. The number of methoxy groups -OCH3 is 1. The molecule has 1 unspecified atom stereocenters. The second-order valence-corrected chi connectivity index (χ2v) is 5.66. The SMILES string of the molecule is COCC(C)(CC(=O)O)NC(=O)c1ccccc1I. The zero-order chi connectivity index (χ0) is 14.5. The van der Waals surface area contributed by atoms with Crippen molar-refractivity contribution >= 4 is 34.5 Å². The van der Waals surface area contributed by atoms with Crippen LogP contribution in [0.25, 0.3) is 0 Å². The van der Waals surface area contributed by atoms with Crippen LogP contribution in [0.15, 0.2) is 24.3 Å². The molecular formula is C13H16INO4. The van der Waals surface area contributed by atoms with Crippen molar-refractivity contribution in [1.82, 2.24) is 5.32 Å². The highest BCUT2D eigenvalue weighted by Crippen LogP contribution is 2.15. The van der Waals surface area contributed by atoms with Gasteiger partial charge < -0.3 is 15.2 Å². The number of aliphatic carboxylic acids is 1. The summed E-state index contributed by atoms with van der Waals surface area (Å²) in [4.78, 5) is 23.0. The molecule has 0 saturated carbocycles. The van der Waals surface area contributed by atoms with Gasteiger partial charge in [-0.1, -0.05) is 12.1 Å². The number of hydrogen-bond acceptors (Lipinski definition) is 3. The number of halogens is 1. The van der Waals surface area contributed by atoms with Crippen LogP contribution in [-0.4, -0.2) is 36.2 Å². The Labute approximate surface area is 125 Å². The van der Waals surface area contributed by atoms with Gasteiger partial charge in [-0.25, -0.2) is 0 Å². The third kappa shape index (κ3) is 4.79. The summed E-state index contributed by atoms with van der Waals surface area (Å²) < 4.78 is 5.81. The zero-order valence-electron chi connectivity index (χ0n) is 10.8. The van der Waals surface area contributed by atoms with Crippen LogP contribution in [0.1, 0.15) is 23.7 Å². The van der Waals surface area contributed by atoms with E-state index in [1.807, 2.05) is 12.1 Å². The minimum Gasteiger partial charge on any atom is -0.481 e. The molecule has 2 N–H and O–H groups in total. The van der Waals surface area contributed by atoms with Crippen LogP contribution in [0, 0.1) is 3.57 Å². The van der Waals surface area contributed by atoms with Gasteiger partial charge in [0.05, 0.1) is 24.1 Å². The van der Waals surface area contributed by atoms with Gasteiger partial charge in [0.1, 0.15) is 0 Å². The fraction of sp³-hybridized carbons (Fsp3) is 0.385. The van der Waals surface area contributed by atoms with E-state index in [9.17, 15) is 9.59 Å². The minimum atomic E-state index is -0.984. The van der Waals surface area contributed by atoms with Crippen molar-refractivity contribution in [2.45, 2.75) is 18.9 Å². The van der Waals surface area contributed by atoms with Gasteiger partial charge in [0.15, 0.2) is 0 Å². The van der Waals surface area contributed by atoms with E-state index in [4.69, 9.17) is 9.84 Å². The van der Waals surface area contributed by atoms with E-state index >= 15 is 0 Å². The predicted octanol–water partition coefficient (Wildman–Crippen LogP) is 1.90. The molecule has 6 heteroatoms. The lowest BCUT2D eigenvalue weighted by Crippen LogP contribution is -2.50. The predicted molar refractivity (Wildman–Crippen MR) is 79.2 cm³/mol. The Morgan fingerprint density at radius 1 is 1.42 bits per heavy atom. The third-order valence-corrected chi connectivity index (χ3v) is 3.48. The molecule has 0 saturated heterocycles. The Bertz CT molecular complexity index is 477. The van der Waals surface area contributed by atoms with E-state index in [-0.39, 0.29) is 18.9 Å². The molecule has 0 bridgehead atoms. The lowest BCUT2D eigenvalue weighted by Gasteiger charge is -2.28. The van der Waals surface area contributed by atoms with Gasteiger partial charge in [-0.15, -0.1) is 0 Å². The average Bonchev–Trinajstić information content (AvgIpc) is 2.27. The molecule has 0 radical (unpaired) electrons. The van der Waals surface area contributed by atoms with Crippen molar-refractivity contribution in [2.24, 2.45) is 0 Å². The van der Waals surface area contributed by atoms with Crippen LogP contribution in [0.3, 0.4) is 0 Å². The van der Waals surface area contributed by atoms with Gasteiger partial charge in [0.2, 0.25) is 0 Å². The quantitative estimate of drug-likeness (QED) is 0.743. The topological polar surface area (TPSA) is 75.6 Å². The van der Waals surface area contributed by atoms with Crippen LogP contribution >= 0.6 is 22.6 Å². The second-order valence-electron chi connectivity index (χ2n) is 4.50. The van der Waals surface area contributed by atoms with Gasteiger partial charge >= 0.3 is 5.97 Å². The number of carbonyl (C=O) groups is 2. The molecule has 0 aliphatic rings. The highest BCUT2D eigenvalue weighted by molar-refractivity contribution is 14.1. The van der Waals surface area contributed by atoms with Crippen molar-refractivity contribution in [3.05, 3.63) is 33.4 Å². The largest absolute Gasteiger partial charge is 0.481 e. The summed E-state index contributed by atoms with van der Waals surface area (Å²) in [6.45, 7) is 1.78. The summed E-state index contributed by atoms with van der Waals surface area (Å²) in [5.74, 6) is -1.28. The Kier molecular flexibility index (Phi) is 5.74. The van der Waals surface area contributed by atoms with Gasteiger partial charge in [0, 0.05) is 10.7 Å². The van der Waals surface area contributed by atoms with Crippen LogP contribution in [0.4, 0.5) is 0 Å². The normalized spacial score (nSPS) is 13.6. The van der Waals surface area contributed by atoms with Crippen LogP contribution in [0.2, 0.25) is 0 Å². The van der Waals surface area contributed by atoms with Crippen molar-refractivity contribution in [3.8, 4) is 0 Å². The minimum absolute atomic E-state index is 0.133. The number of ether oxygens (including phenoxy) is 1. The first-order valence-corrected chi connectivity index (χ1v) is 6.73. The molecule has 0 aliphatic heterocycles. The molecule has 0 fully saturated rings. The molecule has 5 nitrogen and oxygen atoms in total. The van der Waals surface area contributed by atoms with E-state index in [1.165, 1.54) is 7.11 Å². The van der Waals surface area contributed by atoms with E-state index < -0.39 is 11.5 Å². The molecule has 0 aliphatic carbocycles. The smallest absolute Gasteiger partial charge is 0.305 e. The van der Waals surface area contributed by atoms with E-state index in [2.05, 4.69) is 27.9 Å². The fourth-order valence-electron chi connectivity index (χ4n) is 1.77. The van der Waals surface area contributed by atoms with Gasteiger partial charge in [-0.05, 0) is 41.6 Å². The number of carboxylic acid groups (broad SMARTS) is 1. The summed E-state index contributed by atoms with van der Waals surface area (Å²) in [5.41, 5.74) is -0.410. The number of hydrogen-bond donors (Lipinski definition) is 2. The molecule has 1 aromatic rings. The first-order valence-electron chi connectivity index (χ1n) is 5.66. The first-order chi connectivity index (χ1) is 8.88. The van der Waals surface area contributed by atoms with E-state index in [1.54, 1.807) is 19.1 Å². The Hall–Kier alpha value is -1.15. The fourth-order valence-corrected chi connectivity index (χ4v) is 2.40. The first kappa shape index (κ1) is 15.9. The molecule has 19 heavy (non-hydrogen) atoms. The highest BCUT2D eigenvalue weighted by Gasteiger charge is 2.30. The Morgan fingerprint density at radius 3 is 2.58 bits per heavy atom. The molecule has 0 spiro atoms. The van der Waals surface area contributed by atoms with Crippen molar-refractivity contribution in [3.63, 3.8) is 0 Å². The van der Waals surface area contributed by atoms with Crippen LogP contribution in [0.5, 0.6) is 0 Å². The van der Waals surface area contributed by atoms with Crippen LogP contribution in [-0.2, 0) is 9.53 Å². The summed E-state index contributed by atoms with van der Waals surface area (Å²) in [6.07, 6.45) is -0.198. The van der Waals surface area contributed by atoms with E-state index in [0.717, 1.165) is 3.57 Å². The molecule has 1 atom stereocenters. The number of carboxylic acids is 1. The number of benzene rings is 1. The van der Waals surface area contributed by atoms with Crippen molar-refractivity contribution in [1.29, 1.82) is 0 Å². The molecule has 104 valence electrons. The Morgan fingerprint density at radius 2 is 2.05 bits per heavy atom. The molecule has 1 rings (SSSR count). The number of carbonyl (C=O) groups excluding carboxylic acids is 1. The maximum absolute atomic E-state index is 12.2. The van der Waals surface area contributed by atoms with Crippen molar-refractivity contribution < 1.29 is 19.4 Å². The Balaban J connectivity index is 2.88. The standard InChI is InChI=1S/C13H16INO4/c1-13(8-19-2,7-11(16)17)15-12(18)9-5-3-4-6-10(9)14/h3-6H,7-8H2,1-2H3,(H,15,18)(H,16,17). The highest BCUT2D eigenvalue weighted by atomic mass is 127. The molecular weight excluding hydrogens is 361 g/mol. The number of amides is 1. The summed E-state index contributed by atoms with van der Waals surface area (Å²) >= 11 is 2.07. The molecule has 1 amide bonds. The lowest BCUT2D eigenvalue weighted by atomic mass is 9.98. The monoisotopic (exact) mass is 377 g/mol. The maximum atomic E-state index is 12.2. The summed E-state index contributed by atoms with van der Waals surface area (Å²) in [5, 5.41) is 11.6. The van der Waals surface area contributed by atoms with Gasteiger partial charge in [-0.2, -0.15) is 0 Å². The van der Waals surface area contributed by atoms with Gasteiger partial charge in [0.25, 0.3) is 5.91 Å². The maximum Gasteiger partial charge on any atom is 0.305 e. The van der Waals surface area contributed by atoms with E-state index in [0.29, 0.717) is 5.56 Å². The zero-order valence-corrected chi connectivity index (χ0v) is 12.9. The number of rotatable bonds is 6. The van der Waals surface area contributed by atoms with Crippen molar-refractivity contribution in [2.75, 3.05) is 13.7 Å². The molecule has 1 aromatic carbocycles. The second kappa shape index (κ2) is 6.85. The number of nitrogens with one attached hydrogen (secondary N) is 1. The third-order valence-electron chi connectivity index (χ3n) is 2.54.